The standard InChI is InChI=1S/C14H14ClN5O4/c1-16-13(21)17-5-9-6-20(14(22)23-9)8-2-3-10(11(15)4-8)12-18-7-19-24-12/h2-4,7,9H,5-6H2,1H3,(H2,16,17,21). The molecule has 1 unspecified atom stereocenters. The molecular weight excluding hydrogens is 338 g/mol. The molecule has 10 heteroatoms. The van der Waals surface area contributed by atoms with E-state index in [1.54, 1.807) is 18.2 Å². The van der Waals surface area contributed by atoms with Crippen molar-refractivity contribution in [3.8, 4) is 11.5 Å². The minimum atomic E-state index is -0.500. The van der Waals surface area contributed by atoms with E-state index in [4.69, 9.17) is 20.9 Å². The highest BCUT2D eigenvalue weighted by atomic mass is 35.5. The Labute approximate surface area is 141 Å². The molecule has 2 N–H and O–H groups in total. The van der Waals surface area contributed by atoms with Gasteiger partial charge in [0.25, 0.3) is 5.89 Å². The molecule has 0 saturated carbocycles. The highest BCUT2D eigenvalue weighted by Gasteiger charge is 2.32. The van der Waals surface area contributed by atoms with Crippen LogP contribution in [0.15, 0.2) is 29.0 Å². The van der Waals surface area contributed by atoms with Crippen molar-refractivity contribution in [2.24, 2.45) is 0 Å². The van der Waals surface area contributed by atoms with E-state index in [0.29, 0.717) is 28.7 Å². The Balaban J connectivity index is 1.71. The highest BCUT2D eigenvalue weighted by Crippen LogP contribution is 2.31. The Kier molecular flexibility index (Phi) is 4.52. The largest absolute Gasteiger partial charge is 0.442 e. The maximum absolute atomic E-state index is 12.0. The molecule has 1 fully saturated rings. The molecule has 0 aliphatic carbocycles. The second-order valence-corrected chi connectivity index (χ2v) is 5.39. The van der Waals surface area contributed by atoms with Crippen LogP contribution in [0.5, 0.6) is 0 Å². The number of halogens is 1. The lowest BCUT2D eigenvalue weighted by molar-refractivity contribution is 0.140. The molecular formula is C14H14ClN5O4. The zero-order valence-corrected chi connectivity index (χ0v) is 13.4. The summed E-state index contributed by atoms with van der Waals surface area (Å²) >= 11 is 6.23. The number of cyclic esters (lactones) is 1. The van der Waals surface area contributed by atoms with Crippen molar-refractivity contribution >= 4 is 29.4 Å². The summed E-state index contributed by atoms with van der Waals surface area (Å²) in [6, 6.07) is 4.68. The maximum Gasteiger partial charge on any atom is 0.414 e. The van der Waals surface area contributed by atoms with Gasteiger partial charge in [0.1, 0.15) is 6.10 Å². The van der Waals surface area contributed by atoms with E-state index in [1.807, 2.05) is 0 Å². The first kappa shape index (κ1) is 16.1. The molecule has 1 aromatic heterocycles. The van der Waals surface area contributed by atoms with E-state index in [2.05, 4.69) is 20.8 Å². The van der Waals surface area contributed by atoms with Crippen LogP contribution >= 0.6 is 11.6 Å². The number of carbonyl (C=O) groups excluding carboxylic acids is 2. The van der Waals surface area contributed by atoms with Crippen molar-refractivity contribution in [2.75, 3.05) is 25.0 Å². The number of benzene rings is 1. The van der Waals surface area contributed by atoms with Crippen LogP contribution in [0, 0.1) is 0 Å². The molecule has 9 nitrogen and oxygen atoms in total. The molecule has 1 aromatic carbocycles. The molecule has 24 heavy (non-hydrogen) atoms. The SMILES string of the molecule is CNC(=O)NCC1CN(c2ccc(-c3ncno3)c(Cl)c2)C(=O)O1. The number of rotatable bonds is 4. The molecule has 1 atom stereocenters. The molecule has 3 amide bonds. The van der Waals surface area contributed by atoms with Gasteiger partial charge in [-0.25, -0.2) is 9.59 Å². The number of hydrogen-bond acceptors (Lipinski definition) is 6. The van der Waals surface area contributed by atoms with Crippen LogP contribution in [0.3, 0.4) is 0 Å². The lowest BCUT2D eigenvalue weighted by Gasteiger charge is -2.14. The number of carbonyl (C=O) groups is 2. The number of aromatic nitrogens is 2. The van der Waals surface area contributed by atoms with Gasteiger partial charge in [-0.05, 0) is 18.2 Å². The van der Waals surface area contributed by atoms with Crippen LogP contribution in [0.1, 0.15) is 0 Å². The third kappa shape index (κ3) is 3.25. The molecule has 2 aromatic rings. The lowest BCUT2D eigenvalue weighted by Crippen LogP contribution is -2.39. The lowest BCUT2D eigenvalue weighted by atomic mass is 10.2. The average molecular weight is 352 g/mol. The van der Waals surface area contributed by atoms with Crippen molar-refractivity contribution in [3.05, 3.63) is 29.5 Å². The third-order valence-corrected chi connectivity index (χ3v) is 3.76. The molecule has 0 bridgehead atoms. The number of anilines is 1. The van der Waals surface area contributed by atoms with Crippen LogP contribution < -0.4 is 15.5 Å². The number of amides is 3. The number of urea groups is 1. The summed E-state index contributed by atoms with van der Waals surface area (Å²) in [5, 5.41) is 8.93. The summed E-state index contributed by atoms with van der Waals surface area (Å²) in [5.41, 5.74) is 1.15. The summed E-state index contributed by atoms with van der Waals surface area (Å²) in [6.07, 6.45) is 0.339. The fraction of sp³-hybridized carbons (Fsp3) is 0.286. The van der Waals surface area contributed by atoms with Crippen LogP contribution in [-0.2, 0) is 4.74 Å². The number of nitrogens with zero attached hydrogens (tertiary/aromatic N) is 3. The van der Waals surface area contributed by atoms with Crippen LogP contribution in [0.2, 0.25) is 5.02 Å². The molecule has 0 radical (unpaired) electrons. The predicted molar refractivity (Wildman–Crippen MR) is 84.8 cm³/mol. The van der Waals surface area contributed by atoms with E-state index >= 15 is 0 Å². The Morgan fingerprint density at radius 3 is 3.00 bits per heavy atom. The smallest absolute Gasteiger partial charge is 0.414 e. The van der Waals surface area contributed by atoms with E-state index in [1.165, 1.54) is 18.3 Å². The third-order valence-electron chi connectivity index (χ3n) is 3.45. The molecule has 0 spiro atoms. The summed E-state index contributed by atoms with van der Waals surface area (Å²) in [7, 11) is 1.51. The van der Waals surface area contributed by atoms with Crippen molar-refractivity contribution in [1.29, 1.82) is 0 Å². The van der Waals surface area contributed by atoms with Gasteiger partial charge in [0, 0.05) is 12.7 Å². The van der Waals surface area contributed by atoms with Crippen molar-refractivity contribution in [1.82, 2.24) is 20.8 Å². The van der Waals surface area contributed by atoms with Crippen molar-refractivity contribution in [2.45, 2.75) is 6.10 Å². The van der Waals surface area contributed by atoms with Crippen molar-refractivity contribution in [3.63, 3.8) is 0 Å². The normalized spacial score (nSPS) is 16.8. The van der Waals surface area contributed by atoms with E-state index in [0.717, 1.165) is 0 Å². The molecule has 3 rings (SSSR count). The van der Waals surface area contributed by atoms with Crippen LogP contribution in [0.25, 0.3) is 11.5 Å². The summed E-state index contributed by atoms with van der Waals surface area (Å²) in [5.74, 6) is 0.295. The van der Waals surface area contributed by atoms with E-state index in [9.17, 15) is 9.59 Å². The summed E-state index contributed by atoms with van der Waals surface area (Å²) in [6.45, 7) is 0.523. The van der Waals surface area contributed by atoms with Gasteiger partial charge in [-0.1, -0.05) is 16.8 Å². The fourth-order valence-electron chi connectivity index (χ4n) is 2.27. The molecule has 126 valence electrons. The van der Waals surface area contributed by atoms with E-state index in [-0.39, 0.29) is 12.6 Å². The maximum atomic E-state index is 12.0. The van der Waals surface area contributed by atoms with Gasteiger partial charge < -0.3 is 19.9 Å². The van der Waals surface area contributed by atoms with Gasteiger partial charge in [-0.15, -0.1) is 0 Å². The first-order valence-electron chi connectivity index (χ1n) is 7.09. The Morgan fingerprint density at radius 1 is 1.50 bits per heavy atom. The number of ether oxygens (including phenoxy) is 1. The minimum absolute atomic E-state index is 0.218. The van der Waals surface area contributed by atoms with Crippen molar-refractivity contribution < 1.29 is 18.8 Å². The summed E-state index contributed by atoms with van der Waals surface area (Å²) in [4.78, 5) is 28.6. The average Bonchev–Trinajstić information content (AvgIpc) is 3.22. The van der Waals surface area contributed by atoms with Gasteiger partial charge in [-0.2, -0.15) is 4.98 Å². The molecule has 1 aliphatic rings. The number of hydrogen-bond donors (Lipinski definition) is 2. The Morgan fingerprint density at radius 2 is 2.33 bits per heavy atom. The quantitative estimate of drug-likeness (QED) is 0.866. The van der Waals surface area contributed by atoms with Crippen LogP contribution in [-0.4, -0.2) is 48.5 Å². The van der Waals surface area contributed by atoms with Crippen LogP contribution in [0.4, 0.5) is 15.3 Å². The van der Waals surface area contributed by atoms with Gasteiger partial charge in [0.05, 0.1) is 23.7 Å². The van der Waals surface area contributed by atoms with Gasteiger partial charge >= 0.3 is 12.1 Å². The Bertz CT molecular complexity index is 752. The van der Waals surface area contributed by atoms with Gasteiger partial charge in [-0.3, -0.25) is 4.90 Å². The first-order valence-corrected chi connectivity index (χ1v) is 7.46. The van der Waals surface area contributed by atoms with Gasteiger partial charge in [0.15, 0.2) is 6.33 Å². The first-order chi connectivity index (χ1) is 11.6. The zero-order chi connectivity index (χ0) is 17.1. The summed E-state index contributed by atoms with van der Waals surface area (Å²) < 4.78 is 10.2. The highest BCUT2D eigenvalue weighted by molar-refractivity contribution is 6.33. The topological polar surface area (TPSA) is 110 Å². The predicted octanol–water partition coefficient (Wildman–Crippen LogP) is 1.64. The fourth-order valence-corrected chi connectivity index (χ4v) is 2.53. The second-order valence-electron chi connectivity index (χ2n) is 4.99. The van der Waals surface area contributed by atoms with Gasteiger partial charge in [0.2, 0.25) is 0 Å². The molecule has 2 heterocycles. The van der Waals surface area contributed by atoms with E-state index < -0.39 is 12.2 Å². The monoisotopic (exact) mass is 351 g/mol. The molecule has 1 aliphatic heterocycles. The molecule has 1 saturated heterocycles. The minimum Gasteiger partial charge on any atom is -0.442 e. The Hall–Kier alpha value is -2.81. The second kappa shape index (κ2) is 6.75. The number of nitrogens with one attached hydrogen (secondary N) is 2. The zero-order valence-electron chi connectivity index (χ0n) is 12.7.